The van der Waals surface area contributed by atoms with Gasteiger partial charge in [0.05, 0.1) is 10.6 Å². The van der Waals surface area contributed by atoms with Crippen molar-refractivity contribution in [3.05, 3.63) is 59.7 Å². The molecule has 31 heavy (non-hydrogen) atoms. The number of rotatable bonds is 9. The van der Waals surface area contributed by atoms with Gasteiger partial charge in [-0.3, -0.25) is 4.79 Å². The zero-order chi connectivity index (χ0) is 22.4. The molecule has 6 nitrogen and oxygen atoms in total. The van der Waals surface area contributed by atoms with Gasteiger partial charge in [0, 0.05) is 17.7 Å². The summed E-state index contributed by atoms with van der Waals surface area (Å²) in [6.07, 6.45) is 1.13. The second-order valence-corrected chi connectivity index (χ2v) is 12.6. The lowest BCUT2D eigenvalue weighted by Crippen LogP contribution is -2.14. The van der Waals surface area contributed by atoms with E-state index in [-0.39, 0.29) is 16.6 Å². The molecule has 3 rings (SSSR count). The summed E-state index contributed by atoms with van der Waals surface area (Å²) in [5.41, 5.74) is 3.00. The van der Waals surface area contributed by atoms with Gasteiger partial charge in [-0.1, -0.05) is 79.0 Å². The minimum absolute atomic E-state index is 0.166. The Morgan fingerprint density at radius 3 is 2.39 bits per heavy atom. The van der Waals surface area contributed by atoms with Crippen molar-refractivity contribution in [1.29, 1.82) is 0 Å². The van der Waals surface area contributed by atoms with E-state index < -0.39 is 9.84 Å². The number of thioether (sulfide) groups is 2. The van der Waals surface area contributed by atoms with E-state index in [1.165, 1.54) is 46.4 Å². The lowest BCUT2D eigenvalue weighted by molar-refractivity contribution is -0.113. The van der Waals surface area contributed by atoms with Gasteiger partial charge < -0.3 is 5.32 Å². The predicted molar refractivity (Wildman–Crippen MR) is 129 cm³/mol. The van der Waals surface area contributed by atoms with Crippen molar-refractivity contribution in [2.75, 3.05) is 17.3 Å². The Balaban J connectivity index is 1.48. The summed E-state index contributed by atoms with van der Waals surface area (Å²) in [6.45, 7) is 4.36. The van der Waals surface area contributed by atoms with E-state index in [4.69, 9.17) is 0 Å². The van der Waals surface area contributed by atoms with Gasteiger partial charge in [0.25, 0.3) is 0 Å². The molecule has 1 amide bonds. The zero-order valence-corrected chi connectivity index (χ0v) is 20.6. The van der Waals surface area contributed by atoms with Gasteiger partial charge in [-0.15, -0.1) is 10.2 Å². The van der Waals surface area contributed by atoms with Gasteiger partial charge >= 0.3 is 0 Å². The summed E-state index contributed by atoms with van der Waals surface area (Å²) >= 11 is 4.39. The predicted octanol–water partition coefficient (Wildman–Crippen LogP) is 5.09. The van der Waals surface area contributed by atoms with Crippen LogP contribution in [0.4, 0.5) is 5.69 Å². The molecule has 0 radical (unpaired) electrons. The maximum Gasteiger partial charge on any atom is 0.234 e. The SMILES string of the molecule is CC(C)c1ccc(CSc2nnc(SCC(=O)Nc3cccc(S(C)(=O)=O)c3)s2)cc1. The van der Waals surface area contributed by atoms with Gasteiger partial charge in [0.15, 0.2) is 18.5 Å². The van der Waals surface area contributed by atoms with Crippen molar-refractivity contribution in [2.24, 2.45) is 0 Å². The Labute approximate surface area is 195 Å². The molecule has 164 valence electrons. The average molecular weight is 494 g/mol. The first-order chi connectivity index (χ1) is 14.7. The average Bonchev–Trinajstić information content (AvgIpc) is 3.18. The van der Waals surface area contributed by atoms with Crippen LogP contribution in [0.5, 0.6) is 0 Å². The number of carbonyl (C=O) groups is 1. The highest BCUT2D eigenvalue weighted by atomic mass is 32.2. The topological polar surface area (TPSA) is 89.0 Å². The van der Waals surface area contributed by atoms with Crippen LogP contribution in [0, 0.1) is 0 Å². The largest absolute Gasteiger partial charge is 0.325 e. The summed E-state index contributed by atoms with van der Waals surface area (Å²) < 4.78 is 24.9. The third-order valence-corrected chi connectivity index (χ3v) is 8.64. The minimum atomic E-state index is -3.32. The standard InChI is InChI=1S/C21H23N3O3S4/c1-14(2)16-9-7-15(8-10-16)12-28-20-23-24-21(30-20)29-13-19(25)22-17-5-4-6-18(11-17)31(3,26)27/h4-11,14H,12-13H2,1-3H3,(H,22,25). The van der Waals surface area contributed by atoms with Crippen LogP contribution in [0.2, 0.25) is 0 Å². The first kappa shape index (κ1) is 23.8. The number of nitrogens with zero attached hydrogens (tertiary/aromatic N) is 2. The van der Waals surface area contributed by atoms with E-state index in [9.17, 15) is 13.2 Å². The lowest BCUT2D eigenvalue weighted by atomic mass is 10.0. The molecule has 0 fully saturated rings. The van der Waals surface area contributed by atoms with Crippen molar-refractivity contribution >= 4 is 56.3 Å². The van der Waals surface area contributed by atoms with Crippen LogP contribution in [0.3, 0.4) is 0 Å². The molecule has 1 N–H and O–H groups in total. The molecule has 0 unspecified atom stereocenters. The van der Waals surface area contributed by atoms with Gasteiger partial charge in [-0.05, 0) is 35.2 Å². The molecule has 0 bridgehead atoms. The van der Waals surface area contributed by atoms with Crippen molar-refractivity contribution in [1.82, 2.24) is 10.2 Å². The number of carbonyl (C=O) groups excluding carboxylic acids is 1. The first-order valence-corrected chi connectivity index (χ1v) is 14.2. The van der Waals surface area contributed by atoms with Gasteiger partial charge in [-0.25, -0.2) is 8.42 Å². The Morgan fingerprint density at radius 2 is 1.74 bits per heavy atom. The molecule has 1 aromatic heterocycles. The lowest BCUT2D eigenvalue weighted by Gasteiger charge is -2.06. The van der Waals surface area contributed by atoms with Crippen LogP contribution in [0.1, 0.15) is 30.9 Å². The fraction of sp³-hybridized carbons (Fsp3) is 0.286. The number of hydrogen-bond donors (Lipinski definition) is 1. The first-order valence-electron chi connectivity index (χ1n) is 9.48. The monoisotopic (exact) mass is 493 g/mol. The van der Waals surface area contributed by atoms with Crippen molar-refractivity contribution in [3.8, 4) is 0 Å². The van der Waals surface area contributed by atoms with E-state index in [1.54, 1.807) is 23.9 Å². The smallest absolute Gasteiger partial charge is 0.234 e. The maximum absolute atomic E-state index is 12.2. The summed E-state index contributed by atoms with van der Waals surface area (Å²) in [5.74, 6) is 1.27. The van der Waals surface area contributed by atoms with Crippen LogP contribution in [-0.2, 0) is 20.4 Å². The van der Waals surface area contributed by atoms with Crippen LogP contribution in [-0.4, -0.2) is 36.5 Å². The molecule has 0 saturated heterocycles. The molecule has 0 aliphatic carbocycles. The third kappa shape index (κ3) is 7.34. The molecule has 2 aromatic carbocycles. The van der Waals surface area contributed by atoms with E-state index in [0.717, 1.165) is 20.7 Å². The Hall–Kier alpha value is -1.88. The van der Waals surface area contributed by atoms with E-state index in [1.807, 2.05) is 0 Å². The zero-order valence-electron chi connectivity index (χ0n) is 17.4. The highest BCUT2D eigenvalue weighted by molar-refractivity contribution is 8.03. The molecule has 0 spiro atoms. The molecule has 0 aliphatic heterocycles. The Bertz CT molecular complexity index is 1140. The second kappa shape index (κ2) is 10.6. The minimum Gasteiger partial charge on any atom is -0.325 e. The highest BCUT2D eigenvalue weighted by Crippen LogP contribution is 2.31. The van der Waals surface area contributed by atoms with Gasteiger partial charge in [0.2, 0.25) is 5.91 Å². The summed E-state index contributed by atoms with van der Waals surface area (Å²) in [7, 11) is -3.32. The third-order valence-electron chi connectivity index (χ3n) is 4.27. The molecular formula is C21H23N3O3S4. The van der Waals surface area contributed by atoms with Crippen LogP contribution >= 0.6 is 34.9 Å². The van der Waals surface area contributed by atoms with E-state index >= 15 is 0 Å². The van der Waals surface area contributed by atoms with Crippen LogP contribution < -0.4 is 5.32 Å². The number of nitrogens with one attached hydrogen (secondary N) is 1. The molecule has 0 aliphatic rings. The normalized spacial score (nSPS) is 11.6. The summed E-state index contributed by atoms with van der Waals surface area (Å²) in [4.78, 5) is 12.4. The number of sulfone groups is 1. The van der Waals surface area contributed by atoms with Crippen molar-refractivity contribution < 1.29 is 13.2 Å². The van der Waals surface area contributed by atoms with Crippen molar-refractivity contribution in [2.45, 2.75) is 39.1 Å². The molecule has 0 atom stereocenters. The Morgan fingerprint density at radius 1 is 1.06 bits per heavy atom. The summed E-state index contributed by atoms with van der Waals surface area (Å²) in [5, 5.41) is 11.0. The number of aromatic nitrogens is 2. The van der Waals surface area contributed by atoms with Crippen molar-refractivity contribution in [3.63, 3.8) is 0 Å². The number of anilines is 1. The molecule has 10 heteroatoms. The molecule has 1 heterocycles. The summed E-state index contributed by atoms with van der Waals surface area (Å²) in [6, 6.07) is 14.8. The molecule has 0 saturated carbocycles. The van der Waals surface area contributed by atoms with E-state index in [0.29, 0.717) is 11.6 Å². The van der Waals surface area contributed by atoms with E-state index in [2.05, 4.69) is 53.6 Å². The fourth-order valence-corrected chi connectivity index (χ4v) is 6.03. The highest BCUT2D eigenvalue weighted by Gasteiger charge is 2.11. The fourth-order valence-electron chi connectivity index (χ4n) is 2.59. The Kier molecular flexibility index (Phi) is 8.15. The number of amides is 1. The maximum atomic E-state index is 12.2. The quantitative estimate of drug-likeness (QED) is 0.415. The number of benzene rings is 2. The van der Waals surface area contributed by atoms with Crippen LogP contribution in [0.25, 0.3) is 0 Å². The molecular weight excluding hydrogens is 471 g/mol. The van der Waals surface area contributed by atoms with Crippen LogP contribution in [0.15, 0.2) is 62.1 Å². The molecule has 3 aromatic rings. The second-order valence-electron chi connectivity index (χ2n) is 7.16. The van der Waals surface area contributed by atoms with Gasteiger partial charge in [0.1, 0.15) is 0 Å². The number of hydrogen-bond acceptors (Lipinski definition) is 8. The van der Waals surface area contributed by atoms with Gasteiger partial charge in [-0.2, -0.15) is 0 Å².